The second-order valence-electron chi connectivity index (χ2n) is 4.55. The van der Waals surface area contributed by atoms with E-state index in [4.69, 9.17) is 0 Å². The Morgan fingerprint density at radius 2 is 1.45 bits per heavy atom. The summed E-state index contributed by atoms with van der Waals surface area (Å²) in [6.45, 7) is 2.84. The average molecular weight is 151 g/mol. The Bertz CT molecular complexity index is 146. The Morgan fingerprint density at radius 3 is 2.09 bits per heavy atom. The summed E-state index contributed by atoms with van der Waals surface area (Å²) >= 11 is 0. The Kier molecular flexibility index (Phi) is 1.31. The largest absolute Gasteiger partial charge is 0.300 e. The molecule has 0 N–H and O–H groups in total. The van der Waals surface area contributed by atoms with E-state index in [0.29, 0.717) is 0 Å². The van der Waals surface area contributed by atoms with Crippen molar-refractivity contribution in [3.8, 4) is 0 Å². The molecular formula is C10H17N. The molecule has 1 aliphatic carbocycles. The quantitative estimate of drug-likeness (QED) is 0.511. The first-order valence-electron chi connectivity index (χ1n) is 5.19. The lowest BCUT2D eigenvalue weighted by atomic mass is 9.78. The molecule has 2 atom stereocenters. The van der Waals surface area contributed by atoms with E-state index in [1.165, 1.54) is 45.2 Å². The molecule has 1 saturated carbocycles. The Balaban J connectivity index is 1.88. The molecule has 3 rings (SSSR count). The lowest BCUT2D eigenvalue weighted by molar-refractivity contribution is 0.196. The van der Waals surface area contributed by atoms with Crippen LogP contribution < -0.4 is 0 Å². The third-order valence-electron chi connectivity index (χ3n) is 4.11. The molecule has 3 aliphatic rings. The van der Waals surface area contributed by atoms with Crippen molar-refractivity contribution in [3.63, 3.8) is 0 Å². The van der Waals surface area contributed by atoms with Gasteiger partial charge in [-0.15, -0.1) is 0 Å². The SMILES string of the molecule is C1CC2CCN3CCC(C1)C23. The topological polar surface area (TPSA) is 3.24 Å². The highest BCUT2D eigenvalue weighted by atomic mass is 15.2. The molecule has 0 aromatic rings. The highest BCUT2D eigenvalue weighted by molar-refractivity contribution is 4.98. The van der Waals surface area contributed by atoms with E-state index in [9.17, 15) is 0 Å². The van der Waals surface area contributed by atoms with E-state index in [0.717, 1.165) is 17.9 Å². The van der Waals surface area contributed by atoms with Gasteiger partial charge in [0.15, 0.2) is 0 Å². The van der Waals surface area contributed by atoms with Gasteiger partial charge in [0.2, 0.25) is 0 Å². The lowest BCUT2D eigenvalue weighted by Gasteiger charge is -2.31. The third-order valence-corrected chi connectivity index (χ3v) is 4.11. The van der Waals surface area contributed by atoms with E-state index in [1.54, 1.807) is 0 Å². The predicted molar refractivity (Wildman–Crippen MR) is 45.4 cm³/mol. The molecule has 1 heteroatoms. The summed E-state index contributed by atoms with van der Waals surface area (Å²) in [5.41, 5.74) is 0. The monoisotopic (exact) mass is 151 g/mol. The second-order valence-corrected chi connectivity index (χ2v) is 4.55. The lowest BCUT2D eigenvalue weighted by Crippen LogP contribution is -2.33. The van der Waals surface area contributed by atoms with Crippen LogP contribution in [0.25, 0.3) is 0 Å². The van der Waals surface area contributed by atoms with Gasteiger partial charge in [0, 0.05) is 6.04 Å². The molecule has 62 valence electrons. The first-order chi connectivity index (χ1) is 5.45. The van der Waals surface area contributed by atoms with E-state index >= 15 is 0 Å². The molecular weight excluding hydrogens is 134 g/mol. The van der Waals surface area contributed by atoms with E-state index in [2.05, 4.69) is 4.90 Å². The smallest absolute Gasteiger partial charge is 0.0153 e. The molecule has 2 heterocycles. The summed E-state index contributed by atoms with van der Waals surface area (Å²) in [4.78, 5) is 2.76. The molecule has 2 saturated heterocycles. The zero-order chi connectivity index (χ0) is 7.26. The van der Waals surface area contributed by atoms with Gasteiger partial charge in [-0.2, -0.15) is 0 Å². The minimum absolute atomic E-state index is 1.05. The van der Waals surface area contributed by atoms with E-state index in [1.807, 2.05) is 0 Å². The van der Waals surface area contributed by atoms with Crippen molar-refractivity contribution in [3.05, 3.63) is 0 Å². The van der Waals surface area contributed by atoms with Crippen molar-refractivity contribution in [2.45, 2.75) is 38.1 Å². The summed E-state index contributed by atoms with van der Waals surface area (Å²) in [5.74, 6) is 2.22. The molecule has 2 aliphatic heterocycles. The predicted octanol–water partition coefficient (Wildman–Crippen LogP) is 1.88. The first kappa shape index (κ1) is 6.47. The van der Waals surface area contributed by atoms with Crippen molar-refractivity contribution in [1.29, 1.82) is 0 Å². The van der Waals surface area contributed by atoms with E-state index in [-0.39, 0.29) is 0 Å². The number of rotatable bonds is 0. The second kappa shape index (κ2) is 2.22. The van der Waals surface area contributed by atoms with Gasteiger partial charge in [-0.05, 0) is 50.6 Å². The summed E-state index contributed by atoms with van der Waals surface area (Å²) in [7, 11) is 0. The van der Waals surface area contributed by atoms with Crippen molar-refractivity contribution < 1.29 is 0 Å². The molecule has 0 aromatic heterocycles. The minimum atomic E-state index is 1.05. The number of hydrogen-bond acceptors (Lipinski definition) is 1. The maximum absolute atomic E-state index is 2.76. The fourth-order valence-electron chi connectivity index (χ4n) is 3.67. The van der Waals surface area contributed by atoms with Gasteiger partial charge >= 0.3 is 0 Å². The van der Waals surface area contributed by atoms with Crippen LogP contribution in [0.15, 0.2) is 0 Å². The van der Waals surface area contributed by atoms with Crippen LogP contribution in [0.4, 0.5) is 0 Å². The average Bonchev–Trinajstić information content (AvgIpc) is 2.60. The standard InChI is InChI=1S/C10H17N/c1-2-8-4-6-11-7-5-9(3-1)10(8)11/h8-10H,1-7H2. The highest BCUT2D eigenvalue weighted by Crippen LogP contribution is 2.44. The van der Waals surface area contributed by atoms with Crippen LogP contribution in [0, 0.1) is 11.8 Å². The van der Waals surface area contributed by atoms with Crippen LogP contribution in [0.1, 0.15) is 32.1 Å². The van der Waals surface area contributed by atoms with Crippen LogP contribution in [-0.4, -0.2) is 24.0 Å². The third kappa shape index (κ3) is 0.807. The zero-order valence-corrected chi connectivity index (χ0v) is 7.13. The van der Waals surface area contributed by atoms with Crippen LogP contribution >= 0.6 is 0 Å². The molecule has 0 aromatic carbocycles. The highest BCUT2D eigenvalue weighted by Gasteiger charge is 2.44. The molecule has 0 amide bonds. The van der Waals surface area contributed by atoms with Gasteiger partial charge in [0.25, 0.3) is 0 Å². The van der Waals surface area contributed by atoms with Gasteiger partial charge in [-0.25, -0.2) is 0 Å². The first-order valence-corrected chi connectivity index (χ1v) is 5.19. The maximum atomic E-state index is 2.76. The summed E-state index contributed by atoms with van der Waals surface area (Å²) in [5, 5.41) is 0. The number of hydrogen-bond donors (Lipinski definition) is 0. The molecule has 0 bridgehead atoms. The summed E-state index contributed by atoms with van der Waals surface area (Å²) in [6.07, 6.45) is 7.64. The van der Waals surface area contributed by atoms with Crippen molar-refractivity contribution in [2.24, 2.45) is 11.8 Å². The van der Waals surface area contributed by atoms with E-state index < -0.39 is 0 Å². The van der Waals surface area contributed by atoms with Crippen LogP contribution in [0.2, 0.25) is 0 Å². The van der Waals surface area contributed by atoms with Gasteiger partial charge in [-0.1, -0.05) is 6.42 Å². The van der Waals surface area contributed by atoms with Gasteiger partial charge in [-0.3, -0.25) is 4.90 Å². The van der Waals surface area contributed by atoms with Crippen molar-refractivity contribution >= 4 is 0 Å². The van der Waals surface area contributed by atoms with Gasteiger partial charge in [0.1, 0.15) is 0 Å². The minimum Gasteiger partial charge on any atom is -0.300 e. The molecule has 3 fully saturated rings. The Morgan fingerprint density at radius 1 is 0.818 bits per heavy atom. The zero-order valence-electron chi connectivity index (χ0n) is 7.13. The molecule has 1 nitrogen and oxygen atoms in total. The normalized spacial score (nSPS) is 49.6. The Labute approximate surface area is 68.8 Å². The molecule has 11 heavy (non-hydrogen) atoms. The maximum Gasteiger partial charge on any atom is 0.0153 e. The van der Waals surface area contributed by atoms with Crippen LogP contribution in [-0.2, 0) is 0 Å². The van der Waals surface area contributed by atoms with Gasteiger partial charge < -0.3 is 0 Å². The van der Waals surface area contributed by atoms with Gasteiger partial charge in [0.05, 0.1) is 0 Å². The van der Waals surface area contributed by atoms with Crippen molar-refractivity contribution in [1.82, 2.24) is 4.90 Å². The molecule has 2 unspecified atom stereocenters. The number of nitrogens with zero attached hydrogens (tertiary/aromatic N) is 1. The van der Waals surface area contributed by atoms with Crippen molar-refractivity contribution in [2.75, 3.05) is 13.1 Å². The summed E-state index contributed by atoms with van der Waals surface area (Å²) < 4.78 is 0. The Hall–Kier alpha value is -0.0400. The molecule has 0 spiro atoms. The van der Waals surface area contributed by atoms with Crippen LogP contribution in [0.5, 0.6) is 0 Å². The molecule has 0 radical (unpaired) electrons. The fraction of sp³-hybridized carbons (Fsp3) is 1.00. The fourth-order valence-corrected chi connectivity index (χ4v) is 3.67. The van der Waals surface area contributed by atoms with Crippen LogP contribution in [0.3, 0.4) is 0 Å². The summed E-state index contributed by atoms with van der Waals surface area (Å²) in [6, 6.07) is 1.05.